The van der Waals surface area contributed by atoms with E-state index in [0.29, 0.717) is 17.1 Å². The Morgan fingerprint density at radius 3 is 2.75 bits per heavy atom. The van der Waals surface area contributed by atoms with Crippen molar-refractivity contribution in [1.29, 1.82) is 0 Å². The van der Waals surface area contributed by atoms with Crippen LogP contribution in [0.2, 0.25) is 5.22 Å². The summed E-state index contributed by atoms with van der Waals surface area (Å²) in [6.07, 6.45) is -0.132. The van der Waals surface area contributed by atoms with Crippen LogP contribution in [0, 0.1) is 5.82 Å². The number of anilines is 1. The highest BCUT2D eigenvalue weighted by molar-refractivity contribution is 6.29. The van der Waals surface area contributed by atoms with Gasteiger partial charge in [0.15, 0.2) is 5.82 Å². The number of aromatic nitrogens is 1. The second kappa shape index (κ2) is 8.75. The quantitative estimate of drug-likeness (QED) is 0.594. The molecule has 3 rings (SSSR count). The van der Waals surface area contributed by atoms with Gasteiger partial charge in [-0.2, -0.15) is 0 Å². The van der Waals surface area contributed by atoms with Crippen molar-refractivity contribution in [3.63, 3.8) is 0 Å². The molecule has 28 heavy (non-hydrogen) atoms. The number of carbonyl (C=O) groups excluding carboxylic acids is 1. The Morgan fingerprint density at radius 1 is 1.25 bits per heavy atom. The van der Waals surface area contributed by atoms with E-state index in [4.69, 9.17) is 25.6 Å². The topological polar surface area (TPSA) is 73.6 Å². The van der Waals surface area contributed by atoms with Gasteiger partial charge in [0.1, 0.15) is 23.9 Å². The molecule has 1 aromatic heterocycles. The molecule has 2 aromatic carbocycles. The number of ether oxygens (including phenoxy) is 2. The van der Waals surface area contributed by atoms with Crippen molar-refractivity contribution >= 4 is 23.3 Å². The molecule has 1 N–H and O–H groups in total. The molecule has 0 radical (unpaired) electrons. The summed E-state index contributed by atoms with van der Waals surface area (Å²) in [5, 5.41) is 6.28. The van der Waals surface area contributed by atoms with Gasteiger partial charge in [-0.1, -0.05) is 17.3 Å². The Bertz CT molecular complexity index is 974. The maximum Gasteiger partial charge on any atom is 0.260 e. The van der Waals surface area contributed by atoms with E-state index < -0.39 is 5.91 Å². The van der Waals surface area contributed by atoms with Crippen molar-refractivity contribution in [3.8, 4) is 11.5 Å². The number of nitrogens with one attached hydrogen (secondary N) is 1. The van der Waals surface area contributed by atoms with Crippen LogP contribution in [0.3, 0.4) is 0 Å². The van der Waals surface area contributed by atoms with Crippen molar-refractivity contribution in [2.75, 3.05) is 5.32 Å². The normalized spacial score (nSPS) is 10.8. The lowest BCUT2D eigenvalue weighted by atomic mass is 10.1. The summed E-state index contributed by atoms with van der Waals surface area (Å²) >= 11 is 5.67. The predicted octanol–water partition coefficient (Wildman–Crippen LogP) is 5.09. The lowest BCUT2D eigenvalue weighted by Gasteiger charge is -2.15. The van der Waals surface area contributed by atoms with E-state index in [0.717, 1.165) is 0 Å². The van der Waals surface area contributed by atoms with Gasteiger partial charge in [-0.3, -0.25) is 4.79 Å². The van der Waals surface area contributed by atoms with Crippen LogP contribution < -0.4 is 14.8 Å². The monoisotopic (exact) mass is 404 g/mol. The van der Waals surface area contributed by atoms with Gasteiger partial charge >= 0.3 is 0 Å². The number of halogens is 2. The summed E-state index contributed by atoms with van der Waals surface area (Å²) in [4.78, 5) is 12.7. The van der Waals surface area contributed by atoms with E-state index in [-0.39, 0.29) is 35.1 Å². The Labute approximate surface area is 166 Å². The molecule has 0 atom stereocenters. The Kier molecular flexibility index (Phi) is 6.16. The van der Waals surface area contributed by atoms with Crippen LogP contribution in [-0.2, 0) is 6.61 Å². The van der Waals surface area contributed by atoms with Gasteiger partial charge in [-0.25, -0.2) is 4.39 Å². The zero-order chi connectivity index (χ0) is 20.1. The zero-order valence-corrected chi connectivity index (χ0v) is 16.0. The Balaban J connectivity index is 1.80. The van der Waals surface area contributed by atoms with Crippen LogP contribution >= 0.6 is 11.6 Å². The molecule has 0 spiro atoms. The second-order valence-corrected chi connectivity index (χ2v) is 6.59. The average Bonchev–Trinajstić information content (AvgIpc) is 3.05. The number of benzene rings is 2. The highest BCUT2D eigenvalue weighted by atomic mass is 35.5. The molecule has 1 heterocycles. The summed E-state index contributed by atoms with van der Waals surface area (Å²) in [5.74, 6) is 0.199. The van der Waals surface area contributed by atoms with Crippen molar-refractivity contribution in [3.05, 3.63) is 70.7 Å². The fourth-order valence-corrected chi connectivity index (χ4v) is 2.56. The third kappa shape index (κ3) is 5.23. The average molecular weight is 405 g/mol. The number of rotatable bonds is 7. The minimum atomic E-state index is -0.461. The molecule has 0 aliphatic heterocycles. The molecular formula is C20H18ClFN2O4. The van der Waals surface area contributed by atoms with Gasteiger partial charge < -0.3 is 19.3 Å². The molecule has 0 fully saturated rings. The van der Waals surface area contributed by atoms with Gasteiger partial charge in [0, 0.05) is 6.07 Å². The number of hydrogen-bond donors (Lipinski definition) is 1. The summed E-state index contributed by atoms with van der Waals surface area (Å²) < 4.78 is 29.4. The largest absolute Gasteiger partial charge is 0.490 e. The highest BCUT2D eigenvalue weighted by Gasteiger charge is 2.17. The Morgan fingerprint density at radius 2 is 2.07 bits per heavy atom. The van der Waals surface area contributed by atoms with Gasteiger partial charge in [-0.15, -0.1) is 0 Å². The van der Waals surface area contributed by atoms with E-state index in [9.17, 15) is 9.18 Å². The molecule has 0 bridgehead atoms. The van der Waals surface area contributed by atoms with Crippen molar-refractivity contribution in [2.45, 2.75) is 26.6 Å². The molecule has 146 valence electrons. The second-order valence-electron chi connectivity index (χ2n) is 6.21. The van der Waals surface area contributed by atoms with E-state index in [2.05, 4.69) is 10.5 Å². The first-order chi connectivity index (χ1) is 13.4. The molecule has 0 saturated carbocycles. The molecule has 0 saturated heterocycles. The number of hydrogen-bond acceptors (Lipinski definition) is 5. The van der Waals surface area contributed by atoms with Gasteiger partial charge in [0.2, 0.25) is 5.22 Å². The molecule has 6 nitrogen and oxygen atoms in total. The van der Waals surface area contributed by atoms with Crippen LogP contribution in [0.25, 0.3) is 0 Å². The van der Waals surface area contributed by atoms with Crippen molar-refractivity contribution in [1.82, 2.24) is 5.16 Å². The van der Waals surface area contributed by atoms with Crippen LogP contribution in [0.4, 0.5) is 10.2 Å². The van der Waals surface area contributed by atoms with E-state index >= 15 is 0 Å². The molecular weight excluding hydrogens is 387 g/mol. The lowest BCUT2D eigenvalue weighted by molar-refractivity contribution is 0.101. The summed E-state index contributed by atoms with van der Waals surface area (Å²) in [5.41, 5.74) is 0.926. The van der Waals surface area contributed by atoms with Crippen LogP contribution in [0.1, 0.15) is 29.8 Å². The molecule has 1 amide bonds. The number of carbonyl (C=O) groups is 1. The molecule has 0 unspecified atom stereocenters. The van der Waals surface area contributed by atoms with Gasteiger partial charge in [0.25, 0.3) is 5.91 Å². The maximum atomic E-state index is 13.3. The van der Waals surface area contributed by atoms with Gasteiger partial charge in [0.05, 0.1) is 11.7 Å². The number of amides is 1. The third-order valence-corrected chi connectivity index (χ3v) is 3.75. The smallest absolute Gasteiger partial charge is 0.260 e. The Hall–Kier alpha value is -3.06. The first-order valence-electron chi connectivity index (χ1n) is 8.52. The lowest BCUT2D eigenvalue weighted by Crippen LogP contribution is -2.16. The van der Waals surface area contributed by atoms with Crippen molar-refractivity contribution < 1.29 is 23.2 Å². The fraction of sp³-hybridized carbons (Fsp3) is 0.200. The van der Waals surface area contributed by atoms with E-state index in [1.165, 1.54) is 18.2 Å². The third-order valence-electron chi connectivity index (χ3n) is 3.58. The molecule has 8 heteroatoms. The molecule has 0 aliphatic rings. The molecule has 0 aliphatic carbocycles. The fourth-order valence-electron chi connectivity index (χ4n) is 2.42. The summed E-state index contributed by atoms with van der Waals surface area (Å²) in [6.45, 7) is 3.86. The minimum Gasteiger partial charge on any atom is -0.490 e. The zero-order valence-electron chi connectivity index (χ0n) is 15.2. The molecule has 3 aromatic rings. The van der Waals surface area contributed by atoms with Gasteiger partial charge in [-0.05, 0) is 61.3 Å². The van der Waals surface area contributed by atoms with Crippen LogP contribution in [-0.4, -0.2) is 17.2 Å². The van der Waals surface area contributed by atoms with Crippen LogP contribution in [0.15, 0.2) is 53.1 Å². The highest BCUT2D eigenvalue weighted by Crippen LogP contribution is 2.27. The SMILES string of the molecule is CC(C)Oc1ccc(OCc2cccc(F)c2)cc1C(=O)Nc1cc(Cl)on1. The first-order valence-corrected chi connectivity index (χ1v) is 8.90. The predicted molar refractivity (Wildman–Crippen MR) is 102 cm³/mol. The van der Waals surface area contributed by atoms with Crippen molar-refractivity contribution in [2.24, 2.45) is 0 Å². The van der Waals surface area contributed by atoms with E-state index in [1.54, 1.807) is 30.3 Å². The number of nitrogens with zero attached hydrogens (tertiary/aromatic N) is 1. The van der Waals surface area contributed by atoms with Crippen LogP contribution in [0.5, 0.6) is 11.5 Å². The standard InChI is InChI=1S/C20H18ClFN2O4/c1-12(2)27-17-7-6-15(26-11-13-4-3-5-14(22)8-13)9-16(17)20(25)23-19-10-18(21)28-24-19/h3-10,12H,11H2,1-2H3,(H,23,24,25). The summed E-state index contributed by atoms with van der Waals surface area (Å²) in [7, 11) is 0. The van der Waals surface area contributed by atoms with E-state index in [1.807, 2.05) is 13.8 Å². The minimum absolute atomic E-state index is 0.0566. The summed E-state index contributed by atoms with van der Waals surface area (Å²) in [6, 6.07) is 12.4. The first kappa shape index (κ1) is 19.7. The maximum absolute atomic E-state index is 13.3.